The van der Waals surface area contributed by atoms with Crippen molar-refractivity contribution in [1.82, 2.24) is 25.9 Å². The summed E-state index contributed by atoms with van der Waals surface area (Å²) in [6.07, 6.45) is 1.83. The van der Waals surface area contributed by atoms with Crippen LogP contribution < -0.4 is 21.7 Å². The summed E-state index contributed by atoms with van der Waals surface area (Å²) in [6, 6.07) is -2.31. The largest absolute Gasteiger partial charge is 0.480 e. The second-order valence-electron chi connectivity index (χ2n) is 5.50. The molecule has 1 aromatic heterocycles. The first-order chi connectivity index (χ1) is 12.2. The van der Waals surface area contributed by atoms with Gasteiger partial charge in [-0.05, 0) is 6.92 Å². The second kappa shape index (κ2) is 10.1. The van der Waals surface area contributed by atoms with Crippen LogP contribution in [0.1, 0.15) is 12.6 Å². The molecule has 0 bridgehead atoms. The Balaban J connectivity index is 2.53. The van der Waals surface area contributed by atoms with Crippen molar-refractivity contribution < 1.29 is 29.4 Å². The first kappa shape index (κ1) is 21.1. The van der Waals surface area contributed by atoms with Crippen molar-refractivity contribution >= 4 is 23.7 Å². The summed E-state index contributed by atoms with van der Waals surface area (Å²) in [4.78, 5) is 52.5. The fraction of sp³-hybridized carbons (Fsp3) is 0.500. The molecule has 0 aliphatic rings. The van der Waals surface area contributed by atoms with Crippen molar-refractivity contribution in [3.05, 3.63) is 18.2 Å². The van der Waals surface area contributed by atoms with Gasteiger partial charge in [0.2, 0.25) is 17.7 Å². The predicted molar refractivity (Wildman–Crippen MR) is 87.5 cm³/mol. The van der Waals surface area contributed by atoms with Gasteiger partial charge in [0.05, 0.1) is 25.0 Å². The Morgan fingerprint density at radius 1 is 1.23 bits per heavy atom. The Labute approximate surface area is 148 Å². The first-order valence-corrected chi connectivity index (χ1v) is 7.68. The van der Waals surface area contributed by atoms with Crippen LogP contribution in [0, 0.1) is 0 Å². The summed E-state index contributed by atoms with van der Waals surface area (Å²) in [7, 11) is 0. The number of aliphatic hydroxyl groups is 1. The number of carbonyl (C=O) groups is 4. The van der Waals surface area contributed by atoms with Gasteiger partial charge in [-0.3, -0.25) is 19.2 Å². The molecule has 12 heteroatoms. The number of H-pyrrole nitrogens is 1. The summed E-state index contributed by atoms with van der Waals surface area (Å²) in [6.45, 7) is 0.189. The maximum atomic E-state index is 12.1. The fourth-order valence-corrected chi connectivity index (χ4v) is 1.91. The third-order valence-electron chi connectivity index (χ3n) is 3.25. The molecule has 1 aromatic rings. The fourth-order valence-electron chi connectivity index (χ4n) is 1.91. The number of rotatable bonds is 10. The van der Waals surface area contributed by atoms with Crippen LogP contribution >= 0.6 is 0 Å². The summed E-state index contributed by atoms with van der Waals surface area (Å²) < 4.78 is 0. The van der Waals surface area contributed by atoms with Gasteiger partial charge in [-0.2, -0.15) is 0 Å². The highest BCUT2D eigenvalue weighted by atomic mass is 16.4. The molecule has 8 N–H and O–H groups in total. The van der Waals surface area contributed by atoms with Crippen LogP contribution in [0.2, 0.25) is 0 Å². The number of nitrogens with one attached hydrogen (secondary N) is 4. The SMILES string of the molecule is CC(O)C(NC(=O)C(N)Cc1cnc[nH]1)C(=O)NCC(=O)NCC(=O)O. The Morgan fingerprint density at radius 2 is 1.92 bits per heavy atom. The molecule has 144 valence electrons. The van der Waals surface area contributed by atoms with E-state index in [9.17, 15) is 24.3 Å². The van der Waals surface area contributed by atoms with Gasteiger partial charge < -0.3 is 36.9 Å². The van der Waals surface area contributed by atoms with Crippen LogP contribution in [0.25, 0.3) is 0 Å². The van der Waals surface area contributed by atoms with E-state index in [1.165, 1.54) is 19.4 Å². The topological polar surface area (TPSA) is 200 Å². The van der Waals surface area contributed by atoms with E-state index in [2.05, 4.69) is 25.9 Å². The molecule has 3 atom stereocenters. The highest BCUT2D eigenvalue weighted by Crippen LogP contribution is 1.99. The van der Waals surface area contributed by atoms with E-state index in [4.69, 9.17) is 10.8 Å². The Bertz CT molecular complexity index is 632. The number of hydrogen-bond acceptors (Lipinski definition) is 7. The lowest BCUT2D eigenvalue weighted by Gasteiger charge is -2.22. The zero-order chi connectivity index (χ0) is 19.7. The van der Waals surface area contributed by atoms with Crippen molar-refractivity contribution in [3.63, 3.8) is 0 Å². The minimum Gasteiger partial charge on any atom is -0.480 e. The van der Waals surface area contributed by atoms with Crippen LogP contribution in [0.3, 0.4) is 0 Å². The number of aromatic nitrogens is 2. The van der Waals surface area contributed by atoms with Crippen molar-refractivity contribution in [2.24, 2.45) is 5.73 Å². The molecule has 26 heavy (non-hydrogen) atoms. The zero-order valence-corrected chi connectivity index (χ0v) is 14.1. The second-order valence-corrected chi connectivity index (χ2v) is 5.50. The Morgan fingerprint density at radius 3 is 2.46 bits per heavy atom. The van der Waals surface area contributed by atoms with Gasteiger partial charge in [0.25, 0.3) is 0 Å². The minimum absolute atomic E-state index is 0.150. The minimum atomic E-state index is -1.33. The standard InChI is InChI=1S/C14H22N6O6/c1-7(21)12(14(26)18-4-10(22)17-5-11(23)24)20-13(25)9(15)2-8-3-16-6-19-8/h3,6-7,9,12,21H,2,4-5,15H2,1H3,(H,16,19)(H,17,22)(H,18,26)(H,20,25)(H,23,24). The monoisotopic (exact) mass is 370 g/mol. The molecule has 0 aliphatic carbocycles. The van der Waals surface area contributed by atoms with Crippen LogP contribution in [-0.2, 0) is 25.6 Å². The number of aromatic amines is 1. The van der Waals surface area contributed by atoms with E-state index < -0.39 is 55.0 Å². The lowest BCUT2D eigenvalue weighted by molar-refractivity contribution is -0.138. The molecule has 3 amide bonds. The van der Waals surface area contributed by atoms with Crippen molar-refractivity contribution in [2.75, 3.05) is 13.1 Å². The molecule has 0 aliphatic heterocycles. The Hall–Kier alpha value is -2.99. The molecule has 1 rings (SSSR count). The summed E-state index contributed by atoms with van der Waals surface area (Å²) in [5.41, 5.74) is 6.38. The zero-order valence-electron chi connectivity index (χ0n) is 14.1. The molecule has 0 spiro atoms. The summed E-state index contributed by atoms with van der Waals surface area (Å²) in [5, 5.41) is 24.7. The van der Waals surface area contributed by atoms with Crippen molar-refractivity contribution in [3.8, 4) is 0 Å². The van der Waals surface area contributed by atoms with Gasteiger partial charge in [0.1, 0.15) is 12.6 Å². The molecular weight excluding hydrogens is 348 g/mol. The van der Waals surface area contributed by atoms with E-state index in [-0.39, 0.29) is 6.42 Å². The third-order valence-corrected chi connectivity index (χ3v) is 3.25. The highest BCUT2D eigenvalue weighted by molar-refractivity contribution is 5.92. The first-order valence-electron chi connectivity index (χ1n) is 7.68. The smallest absolute Gasteiger partial charge is 0.322 e. The number of carboxylic acid groups (broad SMARTS) is 1. The van der Waals surface area contributed by atoms with E-state index in [1.54, 1.807) is 0 Å². The average molecular weight is 370 g/mol. The molecule has 0 aromatic carbocycles. The Kier molecular flexibility index (Phi) is 8.18. The van der Waals surface area contributed by atoms with Gasteiger partial charge in [0.15, 0.2) is 0 Å². The number of carbonyl (C=O) groups excluding carboxylic acids is 3. The number of hydrogen-bond donors (Lipinski definition) is 7. The van der Waals surface area contributed by atoms with Crippen LogP contribution in [0.15, 0.2) is 12.5 Å². The van der Waals surface area contributed by atoms with Crippen LogP contribution in [0.4, 0.5) is 0 Å². The lowest BCUT2D eigenvalue weighted by Crippen LogP contribution is -2.57. The van der Waals surface area contributed by atoms with Gasteiger partial charge in [-0.1, -0.05) is 0 Å². The van der Waals surface area contributed by atoms with E-state index in [0.717, 1.165) is 0 Å². The summed E-state index contributed by atoms with van der Waals surface area (Å²) >= 11 is 0. The van der Waals surface area contributed by atoms with E-state index in [1.807, 2.05) is 0 Å². The molecule has 0 fully saturated rings. The quantitative estimate of drug-likeness (QED) is 0.219. The molecular formula is C14H22N6O6. The van der Waals surface area contributed by atoms with Crippen molar-refractivity contribution in [1.29, 1.82) is 0 Å². The number of carboxylic acids is 1. The van der Waals surface area contributed by atoms with Gasteiger partial charge in [-0.25, -0.2) is 4.98 Å². The van der Waals surface area contributed by atoms with Gasteiger partial charge >= 0.3 is 5.97 Å². The number of aliphatic carboxylic acids is 1. The molecule has 0 radical (unpaired) electrons. The number of imidazole rings is 1. The molecule has 3 unspecified atom stereocenters. The summed E-state index contributed by atoms with van der Waals surface area (Å²) in [5.74, 6) is -3.44. The van der Waals surface area contributed by atoms with Crippen LogP contribution in [-0.4, -0.2) is 75.1 Å². The van der Waals surface area contributed by atoms with Crippen molar-refractivity contribution in [2.45, 2.75) is 31.5 Å². The molecule has 0 saturated heterocycles. The normalized spacial score (nSPS) is 14.0. The molecule has 1 heterocycles. The lowest BCUT2D eigenvalue weighted by atomic mass is 10.1. The highest BCUT2D eigenvalue weighted by Gasteiger charge is 2.28. The van der Waals surface area contributed by atoms with Gasteiger partial charge in [-0.15, -0.1) is 0 Å². The van der Waals surface area contributed by atoms with Crippen LogP contribution in [0.5, 0.6) is 0 Å². The third kappa shape index (κ3) is 7.27. The number of nitrogens with zero attached hydrogens (tertiary/aromatic N) is 1. The van der Waals surface area contributed by atoms with E-state index in [0.29, 0.717) is 5.69 Å². The molecule has 0 saturated carbocycles. The average Bonchev–Trinajstić information content (AvgIpc) is 3.07. The van der Waals surface area contributed by atoms with Gasteiger partial charge in [0, 0.05) is 18.3 Å². The predicted octanol–water partition coefficient (Wildman–Crippen LogP) is -3.54. The molecule has 12 nitrogen and oxygen atoms in total. The number of nitrogens with two attached hydrogens (primary N) is 1. The number of amides is 3. The number of aliphatic hydroxyl groups excluding tert-OH is 1. The maximum absolute atomic E-state index is 12.1. The van der Waals surface area contributed by atoms with E-state index >= 15 is 0 Å². The maximum Gasteiger partial charge on any atom is 0.322 e.